The molecule has 2 heterocycles. The second-order valence-electron chi connectivity index (χ2n) is 4.53. The average Bonchev–Trinajstić information content (AvgIpc) is 2.97. The zero-order chi connectivity index (χ0) is 14.7. The standard InChI is InChI=1S/C15H13N3O2S/c19-14(20)11-6-4-10(5-7-11)12-9-21-15(17-12)18-13-3-1-2-8-16-13/h1-8,12H,9H2,(H,19,20)(H,16,17,18). The molecular weight excluding hydrogens is 286 g/mol. The van der Waals surface area contributed by atoms with E-state index in [-0.39, 0.29) is 6.04 Å². The molecule has 0 fully saturated rings. The Balaban J connectivity index is 1.71. The second kappa shape index (κ2) is 5.97. The van der Waals surface area contributed by atoms with Crippen molar-refractivity contribution in [1.29, 1.82) is 0 Å². The molecule has 2 N–H and O–H groups in total. The fourth-order valence-corrected chi connectivity index (χ4v) is 2.97. The first kappa shape index (κ1) is 13.6. The quantitative estimate of drug-likeness (QED) is 0.911. The molecule has 0 bridgehead atoms. The molecule has 0 saturated heterocycles. The predicted octanol–water partition coefficient (Wildman–Crippen LogP) is 3.04. The molecule has 1 aromatic carbocycles. The molecule has 1 aliphatic heterocycles. The van der Waals surface area contributed by atoms with Crippen LogP contribution < -0.4 is 5.32 Å². The normalized spacial score (nSPS) is 17.3. The largest absolute Gasteiger partial charge is 0.478 e. The summed E-state index contributed by atoms with van der Waals surface area (Å²) in [7, 11) is 0. The number of pyridine rings is 1. The van der Waals surface area contributed by atoms with Crippen molar-refractivity contribution in [2.45, 2.75) is 6.04 Å². The minimum absolute atomic E-state index is 0.0454. The van der Waals surface area contributed by atoms with E-state index >= 15 is 0 Å². The molecule has 1 atom stereocenters. The van der Waals surface area contributed by atoms with Crippen molar-refractivity contribution in [1.82, 2.24) is 4.98 Å². The van der Waals surface area contributed by atoms with E-state index in [4.69, 9.17) is 5.11 Å². The third kappa shape index (κ3) is 3.22. The maximum Gasteiger partial charge on any atom is 0.335 e. The molecule has 3 rings (SSSR count). The Labute approximate surface area is 126 Å². The molecule has 0 amide bonds. The number of hydrogen-bond donors (Lipinski definition) is 2. The lowest BCUT2D eigenvalue weighted by Gasteiger charge is -2.06. The second-order valence-corrected chi connectivity index (χ2v) is 5.54. The lowest BCUT2D eigenvalue weighted by atomic mass is 10.1. The molecule has 0 spiro atoms. The van der Waals surface area contributed by atoms with Crippen molar-refractivity contribution in [3.8, 4) is 0 Å². The number of benzene rings is 1. The first-order chi connectivity index (χ1) is 10.2. The Bertz CT molecular complexity index is 671. The molecule has 0 saturated carbocycles. The third-order valence-corrected chi connectivity index (χ3v) is 4.06. The van der Waals surface area contributed by atoms with Crippen molar-refractivity contribution in [2.75, 3.05) is 11.1 Å². The van der Waals surface area contributed by atoms with Crippen LogP contribution in [0.4, 0.5) is 5.82 Å². The minimum Gasteiger partial charge on any atom is -0.478 e. The summed E-state index contributed by atoms with van der Waals surface area (Å²) in [6.07, 6.45) is 1.73. The molecule has 1 aromatic heterocycles. The van der Waals surface area contributed by atoms with Crippen molar-refractivity contribution < 1.29 is 9.90 Å². The lowest BCUT2D eigenvalue weighted by molar-refractivity contribution is 0.0697. The number of thioether (sulfide) groups is 1. The summed E-state index contributed by atoms with van der Waals surface area (Å²) < 4.78 is 0. The van der Waals surface area contributed by atoms with Crippen molar-refractivity contribution >= 4 is 28.7 Å². The molecule has 6 heteroatoms. The Morgan fingerprint density at radius 3 is 2.71 bits per heavy atom. The van der Waals surface area contributed by atoms with Gasteiger partial charge in [0, 0.05) is 11.9 Å². The smallest absolute Gasteiger partial charge is 0.335 e. The molecule has 21 heavy (non-hydrogen) atoms. The van der Waals surface area contributed by atoms with Gasteiger partial charge in [0.1, 0.15) is 5.82 Å². The van der Waals surface area contributed by atoms with Gasteiger partial charge in [0.25, 0.3) is 0 Å². The molecule has 2 aromatic rings. The topological polar surface area (TPSA) is 74.6 Å². The van der Waals surface area contributed by atoms with Crippen LogP contribution in [0.3, 0.4) is 0 Å². The Morgan fingerprint density at radius 1 is 1.24 bits per heavy atom. The number of anilines is 1. The van der Waals surface area contributed by atoms with E-state index < -0.39 is 5.97 Å². The van der Waals surface area contributed by atoms with Crippen LogP contribution in [0.15, 0.2) is 53.7 Å². The van der Waals surface area contributed by atoms with E-state index in [1.165, 1.54) is 0 Å². The molecular formula is C15H13N3O2S. The van der Waals surface area contributed by atoms with E-state index in [1.54, 1.807) is 30.1 Å². The number of nitrogens with one attached hydrogen (secondary N) is 1. The van der Waals surface area contributed by atoms with Gasteiger partial charge >= 0.3 is 5.97 Å². The highest BCUT2D eigenvalue weighted by Crippen LogP contribution is 2.30. The van der Waals surface area contributed by atoms with Crippen LogP contribution in [0.2, 0.25) is 0 Å². The Hall–Kier alpha value is -2.34. The zero-order valence-electron chi connectivity index (χ0n) is 11.1. The average molecular weight is 299 g/mol. The lowest BCUT2D eigenvalue weighted by Crippen LogP contribution is -2.05. The van der Waals surface area contributed by atoms with E-state index in [0.29, 0.717) is 5.56 Å². The number of aromatic nitrogens is 1. The number of nitrogens with zero attached hydrogens (tertiary/aromatic N) is 2. The summed E-state index contributed by atoms with van der Waals surface area (Å²) in [6, 6.07) is 12.6. The van der Waals surface area contributed by atoms with E-state index in [0.717, 1.165) is 22.3 Å². The van der Waals surface area contributed by atoms with Crippen LogP contribution in [-0.2, 0) is 0 Å². The number of rotatable bonds is 3. The summed E-state index contributed by atoms with van der Waals surface area (Å²) in [5.74, 6) is 0.690. The van der Waals surface area contributed by atoms with E-state index in [1.807, 2.05) is 30.3 Å². The Kier molecular flexibility index (Phi) is 3.87. The van der Waals surface area contributed by atoms with Gasteiger partial charge in [0.05, 0.1) is 11.6 Å². The number of aliphatic imine (C=N–C) groups is 1. The van der Waals surface area contributed by atoms with Gasteiger partial charge in [-0.05, 0) is 29.8 Å². The zero-order valence-corrected chi connectivity index (χ0v) is 11.9. The van der Waals surface area contributed by atoms with Crippen LogP contribution >= 0.6 is 11.8 Å². The number of carboxylic acids is 1. The van der Waals surface area contributed by atoms with Gasteiger partial charge in [0.15, 0.2) is 5.17 Å². The number of carbonyl (C=O) groups is 1. The molecule has 0 aliphatic carbocycles. The number of aromatic carboxylic acids is 1. The summed E-state index contributed by atoms with van der Waals surface area (Å²) in [5.41, 5.74) is 1.31. The van der Waals surface area contributed by atoms with Crippen LogP contribution in [0.1, 0.15) is 22.0 Å². The van der Waals surface area contributed by atoms with Crippen LogP contribution in [0.5, 0.6) is 0 Å². The maximum atomic E-state index is 10.8. The van der Waals surface area contributed by atoms with Crippen LogP contribution in [0, 0.1) is 0 Å². The first-order valence-electron chi connectivity index (χ1n) is 6.44. The fraction of sp³-hybridized carbons (Fsp3) is 0.133. The number of amidine groups is 1. The van der Waals surface area contributed by atoms with Gasteiger partial charge in [-0.15, -0.1) is 0 Å². The fourth-order valence-electron chi connectivity index (χ4n) is 2.01. The first-order valence-corrected chi connectivity index (χ1v) is 7.43. The highest BCUT2D eigenvalue weighted by Gasteiger charge is 2.20. The predicted molar refractivity (Wildman–Crippen MR) is 83.9 cm³/mol. The monoisotopic (exact) mass is 299 g/mol. The summed E-state index contributed by atoms with van der Waals surface area (Å²) >= 11 is 1.63. The summed E-state index contributed by atoms with van der Waals surface area (Å²) in [6.45, 7) is 0. The summed E-state index contributed by atoms with van der Waals surface area (Å²) in [5, 5.41) is 12.9. The van der Waals surface area contributed by atoms with Gasteiger partial charge in [0.2, 0.25) is 0 Å². The van der Waals surface area contributed by atoms with Crippen molar-refractivity contribution in [3.63, 3.8) is 0 Å². The van der Waals surface area contributed by atoms with Gasteiger partial charge in [-0.25, -0.2) is 9.78 Å². The highest BCUT2D eigenvalue weighted by atomic mass is 32.2. The van der Waals surface area contributed by atoms with Crippen molar-refractivity contribution in [2.24, 2.45) is 4.99 Å². The van der Waals surface area contributed by atoms with E-state index in [9.17, 15) is 4.79 Å². The number of hydrogen-bond acceptors (Lipinski definition) is 5. The van der Waals surface area contributed by atoms with E-state index in [2.05, 4.69) is 15.3 Å². The molecule has 1 unspecified atom stereocenters. The van der Waals surface area contributed by atoms with Crippen molar-refractivity contribution in [3.05, 3.63) is 59.8 Å². The highest BCUT2D eigenvalue weighted by molar-refractivity contribution is 8.14. The maximum absolute atomic E-state index is 10.8. The molecule has 5 nitrogen and oxygen atoms in total. The van der Waals surface area contributed by atoms with Gasteiger partial charge in [-0.3, -0.25) is 4.99 Å². The Morgan fingerprint density at radius 2 is 2.05 bits per heavy atom. The molecule has 0 radical (unpaired) electrons. The van der Waals surface area contributed by atoms with Crippen LogP contribution in [0.25, 0.3) is 0 Å². The third-order valence-electron chi connectivity index (χ3n) is 3.09. The van der Waals surface area contributed by atoms with Gasteiger partial charge < -0.3 is 10.4 Å². The summed E-state index contributed by atoms with van der Waals surface area (Å²) in [4.78, 5) is 19.6. The van der Waals surface area contributed by atoms with Crippen LogP contribution in [-0.4, -0.2) is 27.0 Å². The minimum atomic E-state index is -0.914. The molecule has 106 valence electrons. The van der Waals surface area contributed by atoms with Gasteiger partial charge in [-0.1, -0.05) is 30.0 Å². The van der Waals surface area contributed by atoms with Gasteiger partial charge in [-0.2, -0.15) is 0 Å². The number of carboxylic acid groups (broad SMARTS) is 1. The molecule has 1 aliphatic rings. The SMILES string of the molecule is O=C(O)c1ccc(C2CSC(Nc3ccccn3)=N2)cc1.